The van der Waals surface area contributed by atoms with Crippen LogP contribution in [0.2, 0.25) is 0 Å². The minimum atomic E-state index is 0.350. The first-order chi connectivity index (χ1) is 16.1. The monoisotopic (exact) mass is 445 g/mol. The van der Waals surface area contributed by atoms with E-state index in [1.54, 1.807) is 14.2 Å². The Balaban J connectivity index is 1.80. The van der Waals surface area contributed by atoms with Crippen LogP contribution in [-0.2, 0) is 13.2 Å². The summed E-state index contributed by atoms with van der Waals surface area (Å²) in [5, 5.41) is 12.9. The Morgan fingerprint density at radius 1 is 0.909 bits per heavy atom. The predicted molar refractivity (Wildman–Crippen MR) is 131 cm³/mol. The molecular formula is C27H31N3O3. The third kappa shape index (κ3) is 6.26. The van der Waals surface area contributed by atoms with Gasteiger partial charge in [0.15, 0.2) is 0 Å². The molecule has 0 heterocycles. The number of hydrogen-bond acceptors (Lipinski definition) is 6. The predicted octanol–water partition coefficient (Wildman–Crippen LogP) is 4.47. The van der Waals surface area contributed by atoms with E-state index in [9.17, 15) is 5.26 Å². The van der Waals surface area contributed by atoms with E-state index in [4.69, 9.17) is 14.2 Å². The van der Waals surface area contributed by atoms with Crippen molar-refractivity contribution in [3.8, 4) is 34.4 Å². The molecule has 3 aromatic rings. The zero-order valence-corrected chi connectivity index (χ0v) is 19.7. The fourth-order valence-electron chi connectivity index (χ4n) is 3.62. The van der Waals surface area contributed by atoms with Crippen LogP contribution in [0.3, 0.4) is 0 Å². The average Bonchev–Trinajstić information content (AvgIpc) is 2.85. The van der Waals surface area contributed by atoms with Crippen LogP contribution in [0.1, 0.15) is 16.7 Å². The van der Waals surface area contributed by atoms with Gasteiger partial charge in [-0.2, -0.15) is 5.26 Å². The second-order valence-corrected chi connectivity index (χ2v) is 7.89. The smallest absolute Gasteiger partial charge is 0.130 e. The molecule has 172 valence electrons. The van der Waals surface area contributed by atoms with Crippen LogP contribution >= 0.6 is 0 Å². The highest BCUT2D eigenvalue weighted by atomic mass is 16.5. The Morgan fingerprint density at radius 2 is 1.55 bits per heavy atom. The summed E-state index contributed by atoms with van der Waals surface area (Å²) in [6, 6.07) is 21.6. The van der Waals surface area contributed by atoms with Gasteiger partial charge < -0.3 is 24.4 Å². The summed E-state index contributed by atoms with van der Waals surface area (Å²) in [6.45, 7) is 2.79. The van der Waals surface area contributed by atoms with Crippen molar-refractivity contribution in [1.29, 1.82) is 5.26 Å². The van der Waals surface area contributed by atoms with Gasteiger partial charge in [-0.05, 0) is 36.9 Å². The van der Waals surface area contributed by atoms with Gasteiger partial charge in [0.05, 0.1) is 31.4 Å². The molecule has 0 unspecified atom stereocenters. The third-order valence-corrected chi connectivity index (χ3v) is 5.37. The van der Waals surface area contributed by atoms with Gasteiger partial charge in [-0.25, -0.2) is 0 Å². The molecule has 0 amide bonds. The maximum absolute atomic E-state index is 9.51. The first-order valence-electron chi connectivity index (χ1n) is 10.9. The van der Waals surface area contributed by atoms with Gasteiger partial charge in [0.25, 0.3) is 0 Å². The highest BCUT2D eigenvalue weighted by Crippen LogP contribution is 2.35. The lowest BCUT2D eigenvalue weighted by Gasteiger charge is -2.18. The highest BCUT2D eigenvalue weighted by molar-refractivity contribution is 5.73. The van der Waals surface area contributed by atoms with Crippen molar-refractivity contribution in [3.05, 3.63) is 77.4 Å². The molecule has 0 bridgehead atoms. The maximum Gasteiger partial charge on any atom is 0.130 e. The number of nitriles is 1. The van der Waals surface area contributed by atoms with Gasteiger partial charge in [-0.1, -0.05) is 42.5 Å². The van der Waals surface area contributed by atoms with E-state index < -0.39 is 0 Å². The van der Waals surface area contributed by atoms with E-state index in [-0.39, 0.29) is 0 Å². The molecule has 3 rings (SSSR count). The summed E-state index contributed by atoms with van der Waals surface area (Å²) < 4.78 is 17.4. The molecule has 0 aliphatic carbocycles. The summed E-state index contributed by atoms with van der Waals surface area (Å²) in [6.07, 6.45) is 0. The van der Waals surface area contributed by atoms with Gasteiger partial charge in [-0.15, -0.1) is 0 Å². The molecule has 0 aromatic heterocycles. The standard InChI is InChI=1S/C27H31N3O3/c1-30(2)14-13-29-18-25-26(31-3)15-22(16-27(25)32-4)33-19-21-10-6-8-12-24(21)23-11-7-5-9-20(23)17-28/h5-12,15-16,29H,13-14,18-19H2,1-4H3. The molecule has 1 N–H and O–H groups in total. The van der Waals surface area contributed by atoms with Crippen LogP contribution < -0.4 is 19.5 Å². The van der Waals surface area contributed by atoms with Crippen molar-refractivity contribution in [2.75, 3.05) is 41.4 Å². The van der Waals surface area contributed by atoms with Gasteiger partial charge in [-0.3, -0.25) is 0 Å². The fraction of sp³-hybridized carbons (Fsp3) is 0.296. The van der Waals surface area contributed by atoms with Crippen molar-refractivity contribution < 1.29 is 14.2 Å². The second kappa shape index (κ2) is 11.9. The Kier molecular flexibility index (Phi) is 8.71. The molecule has 0 aliphatic heterocycles. The number of hydrogen-bond donors (Lipinski definition) is 1. The molecule has 0 aliphatic rings. The normalized spacial score (nSPS) is 10.7. The number of rotatable bonds is 11. The summed E-state index contributed by atoms with van der Waals surface area (Å²) in [5.74, 6) is 2.08. The van der Waals surface area contributed by atoms with Crippen molar-refractivity contribution in [2.45, 2.75) is 13.2 Å². The molecule has 0 fully saturated rings. The van der Waals surface area contributed by atoms with Crippen molar-refractivity contribution in [3.63, 3.8) is 0 Å². The lowest BCUT2D eigenvalue weighted by atomic mass is 9.96. The Bertz CT molecular complexity index is 1080. The van der Waals surface area contributed by atoms with Gasteiger partial charge >= 0.3 is 0 Å². The Morgan fingerprint density at radius 3 is 2.18 bits per heavy atom. The molecule has 0 spiro atoms. The van der Waals surface area contributed by atoms with Crippen molar-refractivity contribution >= 4 is 0 Å². The zero-order chi connectivity index (χ0) is 23.6. The molecular weight excluding hydrogens is 414 g/mol. The quantitative estimate of drug-likeness (QED) is 0.439. The van der Waals surface area contributed by atoms with E-state index in [2.05, 4.69) is 16.3 Å². The minimum absolute atomic E-state index is 0.350. The van der Waals surface area contributed by atoms with E-state index in [1.165, 1.54) is 0 Å². The first-order valence-corrected chi connectivity index (χ1v) is 10.9. The van der Waals surface area contributed by atoms with Crippen LogP contribution in [-0.4, -0.2) is 46.3 Å². The van der Waals surface area contributed by atoms with Crippen LogP contribution in [0.4, 0.5) is 0 Å². The number of ether oxygens (including phenoxy) is 3. The average molecular weight is 446 g/mol. The number of nitrogens with one attached hydrogen (secondary N) is 1. The molecule has 6 nitrogen and oxygen atoms in total. The Labute approximate surface area is 196 Å². The minimum Gasteiger partial charge on any atom is -0.496 e. The SMILES string of the molecule is COc1cc(OCc2ccccc2-c2ccccc2C#N)cc(OC)c1CNCCN(C)C. The van der Waals surface area contributed by atoms with E-state index >= 15 is 0 Å². The fourth-order valence-corrected chi connectivity index (χ4v) is 3.62. The molecule has 33 heavy (non-hydrogen) atoms. The largest absolute Gasteiger partial charge is 0.496 e. The topological polar surface area (TPSA) is 66.8 Å². The molecule has 0 radical (unpaired) electrons. The Hall–Kier alpha value is -3.53. The maximum atomic E-state index is 9.51. The van der Waals surface area contributed by atoms with Crippen molar-refractivity contribution in [1.82, 2.24) is 10.2 Å². The van der Waals surface area contributed by atoms with Crippen molar-refractivity contribution in [2.24, 2.45) is 0 Å². The van der Waals surface area contributed by atoms with E-state index in [0.717, 1.165) is 35.3 Å². The van der Waals surface area contributed by atoms with Crippen LogP contribution in [0.25, 0.3) is 11.1 Å². The van der Waals surface area contributed by atoms with Crippen LogP contribution in [0, 0.1) is 11.3 Å². The summed E-state index contributed by atoms with van der Waals surface area (Å²) in [7, 11) is 7.39. The number of nitrogens with zero attached hydrogens (tertiary/aromatic N) is 2. The lowest BCUT2D eigenvalue weighted by Crippen LogP contribution is -2.26. The number of methoxy groups -OCH3 is 2. The zero-order valence-electron chi connectivity index (χ0n) is 19.7. The third-order valence-electron chi connectivity index (χ3n) is 5.37. The number of likely N-dealkylation sites (N-methyl/N-ethyl adjacent to an activating group) is 1. The summed E-state index contributed by atoms with van der Waals surface area (Å²) in [5.41, 5.74) is 4.46. The molecule has 0 saturated heterocycles. The molecule has 0 saturated carbocycles. The second-order valence-electron chi connectivity index (χ2n) is 7.89. The number of benzene rings is 3. The van der Waals surface area contributed by atoms with Gasteiger partial charge in [0.2, 0.25) is 0 Å². The summed E-state index contributed by atoms with van der Waals surface area (Å²) >= 11 is 0. The van der Waals surface area contributed by atoms with Crippen LogP contribution in [0.15, 0.2) is 60.7 Å². The molecule has 0 atom stereocenters. The van der Waals surface area contributed by atoms with Gasteiger partial charge in [0.1, 0.15) is 23.9 Å². The first kappa shape index (κ1) is 24.1. The molecule has 3 aromatic carbocycles. The lowest BCUT2D eigenvalue weighted by molar-refractivity contribution is 0.299. The summed E-state index contributed by atoms with van der Waals surface area (Å²) in [4.78, 5) is 2.13. The van der Waals surface area contributed by atoms with E-state index in [0.29, 0.717) is 36.0 Å². The van der Waals surface area contributed by atoms with Crippen LogP contribution in [0.5, 0.6) is 17.2 Å². The highest BCUT2D eigenvalue weighted by Gasteiger charge is 2.15. The van der Waals surface area contributed by atoms with E-state index in [1.807, 2.05) is 74.8 Å². The van der Waals surface area contributed by atoms with Gasteiger partial charge in [0, 0.05) is 31.8 Å². The molecule has 6 heteroatoms.